The molecule has 0 spiro atoms. The van der Waals surface area contributed by atoms with Crippen LogP contribution in [0.3, 0.4) is 0 Å². The third-order valence-electron chi connectivity index (χ3n) is 3.14. The van der Waals surface area contributed by atoms with Crippen molar-refractivity contribution in [2.24, 2.45) is 5.73 Å². The van der Waals surface area contributed by atoms with Crippen LogP contribution in [0.25, 0.3) is 11.0 Å². The van der Waals surface area contributed by atoms with Gasteiger partial charge in [0.2, 0.25) is 0 Å². The minimum atomic E-state index is -0.175. The minimum absolute atomic E-state index is 0.175. The van der Waals surface area contributed by atoms with Gasteiger partial charge in [-0.3, -0.25) is 0 Å². The monoisotopic (exact) mass is 381 g/mol. The van der Waals surface area contributed by atoms with Gasteiger partial charge in [0.05, 0.1) is 11.1 Å². The van der Waals surface area contributed by atoms with Crippen molar-refractivity contribution < 1.29 is 4.42 Å². The molecule has 0 amide bonds. The number of hydrogen-bond acceptors (Lipinski definition) is 3. The van der Waals surface area contributed by atoms with Crippen molar-refractivity contribution in [2.75, 3.05) is 5.75 Å². The Morgan fingerprint density at radius 3 is 2.76 bits per heavy atom. The van der Waals surface area contributed by atoms with E-state index in [9.17, 15) is 0 Å². The maximum absolute atomic E-state index is 6.23. The predicted molar refractivity (Wildman–Crippen MR) is 93.0 cm³/mol. The van der Waals surface area contributed by atoms with E-state index in [2.05, 4.69) is 22.0 Å². The summed E-state index contributed by atoms with van der Waals surface area (Å²) in [5, 5.41) is 1.60. The number of furan rings is 1. The number of nitrogens with two attached hydrogens (primary N) is 1. The minimum Gasteiger partial charge on any atom is -0.458 e. The summed E-state index contributed by atoms with van der Waals surface area (Å²) < 4.78 is 6.88. The van der Waals surface area contributed by atoms with Crippen LogP contribution < -0.4 is 5.73 Å². The smallest absolute Gasteiger partial charge is 0.152 e. The van der Waals surface area contributed by atoms with E-state index in [-0.39, 0.29) is 6.04 Å². The molecule has 2 N–H and O–H groups in total. The third-order valence-corrected chi connectivity index (χ3v) is 5.58. The SMILES string of the molecule is NC(CSc1ccccc1Br)c1cc2cccc(Cl)c2o1. The average molecular weight is 383 g/mol. The summed E-state index contributed by atoms with van der Waals surface area (Å²) in [6.45, 7) is 0. The molecule has 3 aromatic rings. The Labute approximate surface area is 140 Å². The Balaban J connectivity index is 1.76. The summed E-state index contributed by atoms with van der Waals surface area (Å²) in [5.74, 6) is 1.50. The number of fused-ring (bicyclic) bond motifs is 1. The second kappa shape index (κ2) is 6.44. The van der Waals surface area contributed by atoms with E-state index in [1.807, 2.05) is 42.5 Å². The molecule has 0 saturated heterocycles. The highest BCUT2D eigenvalue weighted by molar-refractivity contribution is 9.10. The van der Waals surface area contributed by atoms with Gasteiger partial charge in [-0.1, -0.05) is 35.9 Å². The standard InChI is InChI=1S/C16H13BrClNOS/c17-11-5-1-2-7-15(11)21-9-13(19)14-8-10-4-3-6-12(18)16(10)20-14/h1-8,13H,9,19H2. The summed E-state index contributed by atoms with van der Waals surface area (Å²) in [6.07, 6.45) is 0. The van der Waals surface area contributed by atoms with Crippen LogP contribution in [0.2, 0.25) is 5.02 Å². The molecule has 21 heavy (non-hydrogen) atoms. The van der Waals surface area contributed by atoms with E-state index in [1.54, 1.807) is 11.8 Å². The van der Waals surface area contributed by atoms with Gasteiger partial charge in [0.1, 0.15) is 5.76 Å². The van der Waals surface area contributed by atoms with Crippen molar-refractivity contribution in [1.29, 1.82) is 0 Å². The molecule has 3 rings (SSSR count). The van der Waals surface area contributed by atoms with Crippen LogP contribution in [-0.4, -0.2) is 5.75 Å². The van der Waals surface area contributed by atoms with E-state index in [0.29, 0.717) is 10.6 Å². The second-order valence-electron chi connectivity index (χ2n) is 4.65. The van der Waals surface area contributed by atoms with Crippen LogP contribution in [0.5, 0.6) is 0 Å². The van der Waals surface area contributed by atoms with Gasteiger partial charge in [0.15, 0.2) is 5.58 Å². The molecule has 0 radical (unpaired) electrons. The van der Waals surface area contributed by atoms with Crippen LogP contribution in [0.1, 0.15) is 11.8 Å². The lowest BCUT2D eigenvalue weighted by molar-refractivity contribution is 0.516. The Morgan fingerprint density at radius 1 is 1.19 bits per heavy atom. The number of rotatable bonds is 4. The van der Waals surface area contributed by atoms with Crippen molar-refractivity contribution >= 4 is 50.3 Å². The van der Waals surface area contributed by atoms with Crippen molar-refractivity contribution in [2.45, 2.75) is 10.9 Å². The topological polar surface area (TPSA) is 39.2 Å². The van der Waals surface area contributed by atoms with Crippen molar-refractivity contribution in [1.82, 2.24) is 0 Å². The summed E-state index contributed by atoms with van der Waals surface area (Å²) in [5.41, 5.74) is 6.94. The fourth-order valence-electron chi connectivity index (χ4n) is 2.05. The molecule has 0 fully saturated rings. The highest BCUT2D eigenvalue weighted by atomic mass is 79.9. The number of benzene rings is 2. The predicted octanol–water partition coefficient (Wildman–Crippen LogP) is 5.64. The molecule has 0 saturated carbocycles. The first kappa shape index (κ1) is 15.0. The number of thioether (sulfide) groups is 1. The van der Waals surface area contributed by atoms with E-state index in [4.69, 9.17) is 21.8 Å². The molecule has 108 valence electrons. The summed E-state index contributed by atoms with van der Waals surface area (Å²) >= 11 is 11.4. The fraction of sp³-hybridized carbons (Fsp3) is 0.125. The molecule has 5 heteroatoms. The van der Waals surface area contributed by atoms with E-state index in [0.717, 1.165) is 21.4 Å². The van der Waals surface area contributed by atoms with Crippen LogP contribution in [0, 0.1) is 0 Å². The number of hydrogen-bond donors (Lipinski definition) is 1. The van der Waals surface area contributed by atoms with E-state index < -0.39 is 0 Å². The average Bonchev–Trinajstić information content (AvgIpc) is 2.92. The normalized spacial score (nSPS) is 12.7. The van der Waals surface area contributed by atoms with Gasteiger partial charge in [-0.05, 0) is 40.2 Å². The highest BCUT2D eigenvalue weighted by Crippen LogP contribution is 2.33. The van der Waals surface area contributed by atoms with Crippen LogP contribution in [0.15, 0.2) is 62.3 Å². The summed E-state index contributed by atoms with van der Waals surface area (Å²) in [4.78, 5) is 1.17. The first-order valence-electron chi connectivity index (χ1n) is 6.46. The largest absolute Gasteiger partial charge is 0.458 e. The molecule has 1 atom stereocenters. The molecule has 2 aromatic carbocycles. The molecule has 0 aliphatic heterocycles. The molecule has 1 unspecified atom stereocenters. The van der Waals surface area contributed by atoms with Crippen LogP contribution >= 0.6 is 39.3 Å². The quantitative estimate of drug-likeness (QED) is 0.593. The van der Waals surface area contributed by atoms with Gasteiger partial charge in [0, 0.05) is 20.5 Å². The Hall–Kier alpha value is -0.940. The maximum Gasteiger partial charge on any atom is 0.152 e. The lowest BCUT2D eigenvalue weighted by atomic mass is 10.2. The first-order valence-corrected chi connectivity index (χ1v) is 8.61. The molecule has 0 aliphatic rings. The van der Waals surface area contributed by atoms with Gasteiger partial charge < -0.3 is 10.2 Å². The van der Waals surface area contributed by atoms with Gasteiger partial charge in [0.25, 0.3) is 0 Å². The molecule has 0 aliphatic carbocycles. The lowest BCUT2D eigenvalue weighted by Crippen LogP contribution is -2.11. The van der Waals surface area contributed by atoms with Crippen molar-refractivity contribution in [3.8, 4) is 0 Å². The van der Waals surface area contributed by atoms with Crippen LogP contribution in [0.4, 0.5) is 0 Å². The number of halogens is 2. The lowest BCUT2D eigenvalue weighted by Gasteiger charge is -2.09. The number of para-hydroxylation sites is 1. The molecule has 1 heterocycles. The summed E-state index contributed by atoms with van der Waals surface area (Å²) in [7, 11) is 0. The molecule has 0 bridgehead atoms. The molecule has 1 aromatic heterocycles. The zero-order chi connectivity index (χ0) is 14.8. The summed E-state index contributed by atoms with van der Waals surface area (Å²) in [6, 6.07) is 15.6. The second-order valence-corrected chi connectivity index (χ2v) is 6.98. The van der Waals surface area contributed by atoms with Gasteiger partial charge in [-0.15, -0.1) is 11.8 Å². The molecular formula is C16H13BrClNOS. The van der Waals surface area contributed by atoms with Gasteiger partial charge >= 0.3 is 0 Å². The first-order chi connectivity index (χ1) is 10.1. The zero-order valence-electron chi connectivity index (χ0n) is 11.1. The highest BCUT2D eigenvalue weighted by Gasteiger charge is 2.14. The molecular weight excluding hydrogens is 370 g/mol. The van der Waals surface area contributed by atoms with E-state index in [1.165, 1.54) is 4.90 Å². The van der Waals surface area contributed by atoms with E-state index >= 15 is 0 Å². The third kappa shape index (κ3) is 3.29. The van der Waals surface area contributed by atoms with Crippen molar-refractivity contribution in [3.63, 3.8) is 0 Å². The Morgan fingerprint density at radius 2 is 2.00 bits per heavy atom. The maximum atomic E-state index is 6.23. The fourth-order valence-corrected chi connectivity index (χ4v) is 3.81. The van der Waals surface area contributed by atoms with Gasteiger partial charge in [-0.25, -0.2) is 0 Å². The zero-order valence-corrected chi connectivity index (χ0v) is 14.2. The molecule has 2 nitrogen and oxygen atoms in total. The van der Waals surface area contributed by atoms with Crippen molar-refractivity contribution in [3.05, 3.63) is 63.8 Å². The van der Waals surface area contributed by atoms with Crippen LogP contribution in [-0.2, 0) is 0 Å². The Kier molecular flexibility index (Phi) is 4.60. The van der Waals surface area contributed by atoms with Gasteiger partial charge in [-0.2, -0.15) is 0 Å². The Bertz CT molecular complexity index is 774.